The van der Waals surface area contributed by atoms with Crippen molar-refractivity contribution in [2.75, 3.05) is 10.2 Å². The van der Waals surface area contributed by atoms with Crippen molar-refractivity contribution < 1.29 is 4.79 Å². The number of anilines is 2. The van der Waals surface area contributed by atoms with Gasteiger partial charge in [-0.3, -0.25) is 4.79 Å². The van der Waals surface area contributed by atoms with Crippen LogP contribution in [0.15, 0.2) is 54.6 Å². The number of nitrogens with one attached hydrogen (secondary N) is 1. The summed E-state index contributed by atoms with van der Waals surface area (Å²) in [6.45, 7) is 3.99. The van der Waals surface area contributed by atoms with E-state index < -0.39 is 0 Å². The monoisotopic (exact) mass is 293 g/mol. The van der Waals surface area contributed by atoms with Crippen LogP contribution < -0.4 is 10.2 Å². The van der Waals surface area contributed by atoms with Crippen molar-refractivity contribution in [3.05, 3.63) is 60.2 Å². The van der Waals surface area contributed by atoms with Crippen LogP contribution in [0.25, 0.3) is 0 Å². The standard InChI is InChI=1S/C18H19N3O/c1-14(12-19)21(13-16-7-4-3-5-8-16)18-10-6-9-17(11-18)20-15(2)22/h3-11,14H,13H2,1-2H3,(H,20,22). The molecule has 2 aromatic carbocycles. The van der Waals surface area contributed by atoms with Gasteiger partial charge < -0.3 is 10.2 Å². The molecule has 0 aromatic heterocycles. The molecule has 0 aliphatic carbocycles. The molecule has 2 rings (SSSR count). The number of carbonyl (C=O) groups excluding carboxylic acids is 1. The Morgan fingerprint density at radius 2 is 1.95 bits per heavy atom. The summed E-state index contributed by atoms with van der Waals surface area (Å²) >= 11 is 0. The quantitative estimate of drug-likeness (QED) is 0.917. The molecule has 1 amide bonds. The zero-order valence-corrected chi connectivity index (χ0v) is 12.8. The lowest BCUT2D eigenvalue weighted by atomic mass is 10.1. The highest BCUT2D eigenvalue weighted by atomic mass is 16.1. The Hall–Kier alpha value is -2.80. The maximum atomic E-state index is 11.2. The topological polar surface area (TPSA) is 56.1 Å². The third-order valence-corrected chi connectivity index (χ3v) is 3.35. The Labute approximate surface area is 131 Å². The molecule has 1 unspecified atom stereocenters. The largest absolute Gasteiger partial charge is 0.351 e. The Morgan fingerprint density at radius 3 is 2.59 bits per heavy atom. The Balaban J connectivity index is 2.29. The van der Waals surface area contributed by atoms with E-state index in [1.807, 2.05) is 66.4 Å². The van der Waals surface area contributed by atoms with Crippen molar-refractivity contribution in [3.8, 4) is 6.07 Å². The predicted molar refractivity (Wildman–Crippen MR) is 88.4 cm³/mol. The lowest BCUT2D eigenvalue weighted by Gasteiger charge is -2.27. The van der Waals surface area contributed by atoms with Gasteiger partial charge in [-0.1, -0.05) is 36.4 Å². The first-order valence-corrected chi connectivity index (χ1v) is 7.18. The molecule has 4 nitrogen and oxygen atoms in total. The minimum atomic E-state index is -0.271. The van der Waals surface area contributed by atoms with Crippen molar-refractivity contribution in [1.82, 2.24) is 0 Å². The zero-order chi connectivity index (χ0) is 15.9. The number of carbonyl (C=O) groups is 1. The van der Waals surface area contributed by atoms with Gasteiger partial charge in [0.2, 0.25) is 5.91 Å². The highest BCUT2D eigenvalue weighted by molar-refractivity contribution is 5.89. The first-order valence-electron chi connectivity index (χ1n) is 7.18. The molecule has 0 fully saturated rings. The third kappa shape index (κ3) is 4.10. The van der Waals surface area contributed by atoms with Crippen LogP contribution in [0.3, 0.4) is 0 Å². The molecule has 0 spiro atoms. The highest BCUT2D eigenvalue weighted by Crippen LogP contribution is 2.23. The fourth-order valence-electron chi connectivity index (χ4n) is 2.27. The molecule has 0 saturated carbocycles. The van der Waals surface area contributed by atoms with Gasteiger partial charge in [0.1, 0.15) is 6.04 Å². The molecule has 112 valence electrons. The number of amides is 1. The van der Waals surface area contributed by atoms with E-state index in [1.165, 1.54) is 6.92 Å². The smallest absolute Gasteiger partial charge is 0.221 e. The number of rotatable bonds is 5. The van der Waals surface area contributed by atoms with Gasteiger partial charge in [0.15, 0.2) is 0 Å². The lowest BCUT2D eigenvalue weighted by molar-refractivity contribution is -0.114. The molecule has 0 bridgehead atoms. The lowest BCUT2D eigenvalue weighted by Crippen LogP contribution is -2.31. The predicted octanol–water partition coefficient (Wildman–Crippen LogP) is 3.56. The normalized spacial score (nSPS) is 11.3. The van der Waals surface area contributed by atoms with E-state index in [0.29, 0.717) is 6.54 Å². The Bertz CT molecular complexity index is 676. The van der Waals surface area contributed by atoms with Crippen LogP contribution in [-0.2, 0) is 11.3 Å². The fourth-order valence-corrected chi connectivity index (χ4v) is 2.27. The molecule has 0 radical (unpaired) electrons. The summed E-state index contributed by atoms with van der Waals surface area (Å²) in [7, 11) is 0. The van der Waals surface area contributed by atoms with E-state index in [1.54, 1.807) is 0 Å². The summed E-state index contributed by atoms with van der Waals surface area (Å²) in [4.78, 5) is 13.2. The summed E-state index contributed by atoms with van der Waals surface area (Å²) in [5, 5.41) is 12.1. The van der Waals surface area contributed by atoms with Gasteiger partial charge in [-0.05, 0) is 30.7 Å². The molecule has 1 N–H and O–H groups in total. The maximum Gasteiger partial charge on any atom is 0.221 e. The second kappa shape index (κ2) is 7.28. The van der Waals surface area contributed by atoms with Gasteiger partial charge in [-0.25, -0.2) is 0 Å². The number of hydrogen-bond donors (Lipinski definition) is 1. The molecule has 0 aliphatic heterocycles. The van der Waals surface area contributed by atoms with Crippen molar-refractivity contribution in [1.29, 1.82) is 5.26 Å². The van der Waals surface area contributed by atoms with Crippen LogP contribution in [0.4, 0.5) is 11.4 Å². The molecule has 0 heterocycles. The average Bonchev–Trinajstić information content (AvgIpc) is 2.52. The number of hydrogen-bond acceptors (Lipinski definition) is 3. The molecule has 1 atom stereocenters. The van der Waals surface area contributed by atoms with Crippen molar-refractivity contribution >= 4 is 17.3 Å². The molecule has 0 saturated heterocycles. The van der Waals surface area contributed by atoms with Gasteiger partial charge in [0, 0.05) is 24.8 Å². The van der Waals surface area contributed by atoms with Crippen LogP contribution in [0, 0.1) is 11.3 Å². The molecular formula is C18H19N3O. The van der Waals surface area contributed by atoms with Crippen molar-refractivity contribution in [2.24, 2.45) is 0 Å². The third-order valence-electron chi connectivity index (χ3n) is 3.35. The molecular weight excluding hydrogens is 274 g/mol. The van der Waals surface area contributed by atoms with Gasteiger partial charge in [0.05, 0.1) is 6.07 Å². The Morgan fingerprint density at radius 1 is 1.23 bits per heavy atom. The summed E-state index contributed by atoms with van der Waals surface area (Å²) in [6, 6.07) is 19.6. The molecule has 2 aromatic rings. The van der Waals surface area contributed by atoms with E-state index >= 15 is 0 Å². The van der Waals surface area contributed by atoms with Crippen molar-refractivity contribution in [3.63, 3.8) is 0 Å². The van der Waals surface area contributed by atoms with Gasteiger partial charge in [-0.2, -0.15) is 5.26 Å². The van der Waals surface area contributed by atoms with E-state index in [0.717, 1.165) is 16.9 Å². The first-order chi connectivity index (χ1) is 10.6. The number of nitriles is 1. The van der Waals surface area contributed by atoms with E-state index in [-0.39, 0.29) is 11.9 Å². The van der Waals surface area contributed by atoms with E-state index in [9.17, 15) is 10.1 Å². The summed E-state index contributed by atoms with van der Waals surface area (Å²) in [5.74, 6) is -0.111. The number of nitrogens with zero attached hydrogens (tertiary/aromatic N) is 2. The van der Waals surface area contributed by atoms with Crippen molar-refractivity contribution in [2.45, 2.75) is 26.4 Å². The Kier molecular flexibility index (Phi) is 5.16. The fraction of sp³-hybridized carbons (Fsp3) is 0.222. The van der Waals surface area contributed by atoms with Crippen LogP contribution in [0.2, 0.25) is 0 Å². The van der Waals surface area contributed by atoms with Gasteiger partial charge in [0.25, 0.3) is 0 Å². The van der Waals surface area contributed by atoms with Crippen LogP contribution >= 0.6 is 0 Å². The van der Waals surface area contributed by atoms with Gasteiger partial charge >= 0.3 is 0 Å². The molecule has 0 aliphatic rings. The number of benzene rings is 2. The summed E-state index contributed by atoms with van der Waals surface area (Å²) in [5.41, 5.74) is 2.77. The minimum Gasteiger partial charge on any atom is -0.351 e. The zero-order valence-electron chi connectivity index (χ0n) is 12.8. The molecule has 22 heavy (non-hydrogen) atoms. The highest BCUT2D eigenvalue weighted by Gasteiger charge is 2.15. The second-order valence-electron chi connectivity index (χ2n) is 5.15. The van der Waals surface area contributed by atoms with Crippen LogP contribution in [-0.4, -0.2) is 11.9 Å². The molecule has 4 heteroatoms. The van der Waals surface area contributed by atoms with E-state index in [4.69, 9.17) is 0 Å². The van der Waals surface area contributed by atoms with Gasteiger partial charge in [-0.15, -0.1) is 0 Å². The second-order valence-corrected chi connectivity index (χ2v) is 5.15. The van der Waals surface area contributed by atoms with Crippen LogP contribution in [0.1, 0.15) is 19.4 Å². The summed E-state index contributed by atoms with van der Waals surface area (Å²) < 4.78 is 0. The average molecular weight is 293 g/mol. The summed E-state index contributed by atoms with van der Waals surface area (Å²) in [6.07, 6.45) is 0. The van der Waals surface area contributed by atoms with E-state index in [2.05, 4.69) is 11.4 Å². The maximum absolute atomic E-state index is 11.2. The minimum absolute atomic E-state index is 0.111. The van der Waals surface area contributed by atoms with Crippen LogP contribution in [0.5, 0.6) is 0 Å². The SMILES string of the molecule is CC(=O)Nc1cccc(N(Cc2ccccc2)C(C)C#N)c1. The first kappa shape index (κ1) is 15.6.